The molecule has 2 heterocycles. The van der Waals surface area contributed by atoms with Crippen molar-refractivity contribution >= 4 is 0 Å². The van der Waals surface area contributed by atoms with Crippen molar-refractivity contribution in [2.45, 2.75) is 64.6 Å². The highest BCUT2D eigenvalue weighted by molar-refractivity contribution is 5.08. The molecule has 0 spiro atoms. The van der Waals surface area contributed by atoms with Crippen LogP contribution in [0.2, 0.25) is 0 Å². The number of nitrogens with zero attached hydrogens (tertiary/aromatic N) is 2. The van der Waals surface area contributed by atoms with Crippen LogP contribution < -0.4 is 5.32 Å². The number of piperidine rings is 1. The van der Waals surface area contributed by atoms with Crippen LogP contribution in [0.4, 0.5) is 0 Å². The molecular formula is C19H33N3O. The lowest BCUT2D eigenvalue weighted by molar-refractivity contribution is 0.0394. The summed E-state index contributed by atoms with van der Waals surface area (Å²) in [6, 6.07) is 4.68. The van der Waals surface area contributed by atoms with Gasteiger partial charge in [-0.3, -0.25) is 9.88 Å². The Balaban J connectivity index is 1.66. The summed E-state index contributed by atoms with van der Waals surface area (Å²) in [4.78, 5) is 6.68. The minimum absolute atomic E-state index is 0.533. The Hall–Kier alpha value is -0.970. The quantitative estimate of drug-likeness (QED) is 0.773. The summed E-state index contributed by atoms with van der Waals surface area (Å²) >= 11 is 0. The van der Waals surface area contributed by atoms with E-state index in [0.29, 0.717) is 18.5 Å². The van der Waals surface area contributed by atoms with Gasteiger partial charge >= 0.3 is 0 Å². The van der Waals surface area contributed by atoms with E-state index in [-0.39, 0.29) is 0 Å². The fraction of sp³-hybridized carbons (Fsp3) is 0.737. The number of nitrogens with one attached hydrogen (secondary N) is 1. The van der Waals surface area contributed by atoms with Crippen LogP contribution in [0.25, 0.3) is 0 Å². The molecule has 0 radical (unpaired) electrons. The minimum atomic E-state index is -0.586. The molecule has 1 aliphatic heterocycles. The van der Waals surface area contributed by atoms with Gasteiger partial charge in [-0.1, -0.05) is 19.9 Å². The molecule has 0 saturated carbocycles. The second kappa shape index (κ2) is 8.76. The first-order valence-corrected chi connectivity index (χ1v) is 9.02. The van der Waals surface area contributed by atoms with Crippen molar-refractivity contribution in [1.29, 1.82) is 0 Å². The van der Waals surface area contributed by atoms with Crippen LogP contribution >= 0.6 is 0 Å². The molecule has 1 aliphatic rings. The SMILES string of the molecule is CC(C)CCC(C)(O)CNC1CCN(Cc2cccnc2)CC1. The first-order valence-electron chi connectivity index (χ1n) is 9.02. The first kappa shape index (κ1) is 18.4. The highest BCUT2D eigenvalue weighted by Gasteiger charge is 2.24. The molecule has 4 heteroatoms. The Morgan fingerprint density at radius 1 is 1.39 bits per heavy atom. The van der Waals surface area contributed by atoms with Gasteiger partial charge in [0.2, 0.25) is 0 Å². The van der Waals surface area contributed by atoms with E-state index in [0.717, 1.165) is 45.3 Å². The molecule has 4 nitrogen and oxygen atoms in total. The fourth-order valence-corrected chi connectivity index (χ4v) is 3.10. The van der Waals surface area contributed by atoms with Crippen LogP contribution in [-0.2, 0) is 6.54 Å². The van der Waals surface area contributed by atoms with Crippen LogP contribution in [-0.4, -0.2) is 46.3 Å². The monoisotopic (exact) mass is 319 g/mol. The Kier molecular flexibility index (Phi) is 7.00. The molecule has 1 saturated heterocycles. The zero-order valence-electron chi connectivity index (χ0n) is 15.0. The van der Waals surface area contributed by atoms with Crippen molar-refractivity contribution in [3.63, 3.8) is 0 Å². The minimum Gasteiger partial charge on any atom is -0.389 e. The summed E-state index contributed by atoms with van der Waals surface area (Å²) in [7, 11) is 0. The Bertz CT molecular complexity index is 439. The second-order valence-corrected chi connectivity index (χ2v) is 7.72. The molecule has 0 aromatic carbocycles. The van der Waals surface area contributed by atoms with Crippen molar-refractivity contribution in [2.75, 3.05) is 19.6 Å². The standard InChI is InChI=1S/C19H33N3O/c1-16(2)6-9-19(3,23)15-21-18-7-11-22(12-8-18)14-17-5-4-10-20-13-17/h4-5,10,13,16,18,21,23H,6-9,11-12,14-15H2,1-3H3. The zero-order chi connectivity index (χ0) is 16.7. The van der Waals surface area contributed by atoms with Crippen molar-refractivity contribution < 1.29 is 5.11 Å². The number of rotatable bonds is 8. The van der Waals surface area contributed by atoms with Crippen LogP contribution in [0, 0.1) is 5.92 Å². The zero-order valence-corrected chi connectivity index (χ0v) is 15.0. The summed E-state index contributed by atoms with van der Waals surface area (Å²) in [6.07, 6.45) is 8.04. The van der Waals surface area contributed by atoms with Gasteiger partial charge in [-0.15, -0.1) is 0 Å². The maximum atomic E-state index is 10.5. The molecule has 0 bridgehead atoms. The molecule has 2 N–H and O–H groups in total. The molecule has 0 aliphatic carbocycles. The molecule has 1 aromatic rings. The lowest BCUT2D eigenvalue weighted by Gasteiger charge is -2.34. The van der Waals surface area contributed by atoms with E-state index in [4.69, 9.17) is 0 Å². The van der Waals surface area contributed by atoms with E-state index in [1.165, 1.54) is 5.56 Å². The average molecular weight is 319 g/mol. The van der Waals surface area contributed by atoms with E-state index >= 15 is 0 Å². The molecule has 130 valence electrons. The van der Waals surface area contributed by atoms with Gasteiger partial charge in [0.15, 0.2) is 0 Å². The lowest BCUT2D eigenvalue weighted by atomic mass is 9.94. The highest BCUT2D eigenvalue weighted by atomic mass is 16.3. The van der Waals surface area contributed by atoms with E-state index in [1.54, 1.807) is 0 Å². The largest absolute Gasteiger partial charge is 0.389 e. The van der Waals surface area contributed by atoms with Gasteiger partial charge in [0.1, 0.15) is 0 Å². The molecule has 2 rings (SSSR count). The normalized spacial score (nSPS) is 19.9. The number of aromatic nitrogens is 1. The van der Waals surface area contributed by atoms with Crippen LogP contribution in [0.15, 0.2) is 24.5 Å². The maximum Gasteiger partial charge on any atom is 0.0743 e. The smallest absolute Gasteiger partial charge is 0.0743 e. The summed E-state index contributed by atoms with van der Waals surface area (Å²) in [5.41, 5.74) is 0.701. The van der Waals surface area contributed by atoms with Crippen molar-refractivity contribution in [1.82, 2.24) is 15.2 Å². The van der Waals surface area contributed by atoms with Crippen LogP contribution in [0.3, 0.4) is 0 Å². The molecule has 1 fully saturated rings. The van der Waals surface area contributed by atoms with Crippen molar-refractivity contribution in [3.05, 3.63) is 30.1 Å². The Labute approximate surface area is 141 Å². The summed E-state index contributed by atoms with van der Waals surface area (Å²) < 4.78 is 0. The van der Waals surface area contributed by atoms with Gasteiger partial charge in [-0.05, 0) is 63.2 Å². The third kappa shape index (κ3) is 6.98. The molecule has 0 amide bonds. The number of pyridine rings is 1. The maximum absolute atomic E-state index is 10.5. The van der Waals surface area contributed by atoms with E-state index in [1.807, 2.05) is 25.4 Å². The predicted molar refractivity (Wildman–Crippen MR) is 95.2 cm³/mol. The van der Waals surface area contributed by atoms with Gasteiger partial charge < -0.3 is 10.4 Å². The molecule has 1 atom stereocenters. The third-order valence-electron chi connectivity index (χ3n) is 4.75. The Morgan fingerprint density at radius 2 is 2.13 bits per heavy atom. The number of hydrogen-bond donors (Lipinski definition) is 2. The average Bonchev–Trinajstić information content (AvgIpc) is 2.54. The first-order chi connectivity index (χ1) is 10.9. The second-order valence-electron chi connectivity index (χ2n) is 7.72. The number of hydrogen-bond acceptors (Lipinski definition) is 4. The summed E-state index contributed by atoms with van der Waals surface area (Å²) in [5, 5.41) is 14.0. The van der Waals surface area contributed by atoms with Crippen molar-refractivity contribution in [2.24, 2.45) is 5.92 Å². The van der Waals surface area contributed by atoms with E-state index in [2.05, 4.69) is 35.1 Å². The van der Waals surface area contributed by atoms with Crippen LogP contribution in [0.1, 0.15) is 52.0 Å². The predicted octanol–water partition coefficient (Wildman–Crippen LogP) is 2.82. The topological polar surface area (TPSA) is 48.4 Å². The highest BCUT2D eigenvalue weighted by Crippen LogP contribution is 2.18. The van der Waals surface area contributed by atoms with Gasteiger partial charge in [0, 0.05) is 31.5 Å². The van der Waals surface area contributed by atoms with E-state index in [9.17, 15) is 5.11 Å². The Morgan fingerprint density at radius 3 is 2.74 bits per heavy atom. The number of likely N-dealkylation sites (tertiary alicyclic amines) is 1. The molecular weight excluding hydrogens is 286 g/mol. The third-order valence-corrected chi connectivity index (χ3v) is 4.75. The summed E-state index contributed by atoms with van der Waals surface area (Å²) in [6.45, 7) is 10.3. The van der Waals surface area contributed by atoms with Gasteiger partial charge in [-0.25, -0.2) is 0 Å². The fourth-order valence-electron chi connectivity index (χ4n) is 3.10. The van der Waals surface area contributed by atoms with Crippen molar-refractivity contribution in [3.8, 4) is 0 Å². The molecule has 1 aromatic heterocycles. The van der Waals surface area contributed by atoms with Gasteiger partial charge in [-0.2, -0.15) is 0 Å². The van der Waals surface area contributed by atoms with Gasteiger partial charge in [0.05, 0.1) is 5.60 Å². The number of aliphatic hydroxyl groups is 1. The summed E-state index contributed by atoms with van der Waals surface area (Å²) in [5.74, 6) is 0.650. The van der Waals surface area contributed by atoms with Gasteiger partial charge in [0.25, 0.3) is 0 Å². The van der Waals surface area contributed by atoms with E-state index < -0.39 is 5.60 Å². The van der Waals surface area contributed by atoms with Crippen LogP contribution in [0.5, 0.6) is 0 Å². The molecule has 1 unspecified atom stereocenters. The lowest BCUT2D eigenvalue weighted by Crippen LogP contribution is -2.47. The molecule has 23 heavy (non-hydrogen) atoms.